The van der Waals surface area contributed by atoms with Gasteiger partial charge in [0, 0.05) is 18.7 Å². The number of likely N-dealkylation sites (tertiary alicyclic amines) is 1. The van der Waals surface area contributed by atoms with Gasteiger partial charge in [0.1, 0.15) is 11.5 Å². The molecule has 19 heavy (non-hydrogen) atoms. The zero-order chi connectivity index (χ0) is 13.8. The van der Waals surface area contributed by atoms with Gasteiger partial charge in [0.25, 0.3) is 0 Å². The molecule has 108 valence electrons. The van der Waals surface area contributed by atoms with Crippen LogP contribution in [0.4, 0.5) is 0 Å². The standard InChI is InChI=1S/C16H28N2O/c1-12(2)8-17-9-15-7-16(19-14(15)4)11-18-6-5-13(3)10-18/h7,12-13,17H,5-6,8-11H2,1-4H3. The molecular formula is C16H28N2O. The van der Waals surface area contributed by atoms with Gasteiger partial charge in [0.05, 0.1) is 6.54 Å². The number of furan rings is 1. The quantitative estimate of drug-likeness (QED) is 0.855. The summed E-state index contributed by atoms with van der Waals surface area (Å²) in [7, 11) is 0. The van der Waals surface area contributed by atoms with Crippen LogP contribution < -0.4 is 5.32 Å². The van der Waals surface area contributed by atoms with Gasteiger partial charge in [-0.25, -0.2) is 0 Å². The summed E-state index contributed by atoms with van der Waals surface area (Å²) >= 11 is 0. The molecule has 1 aromatic rings. The first kappa shape index (κ1) is 14.6. The van der Waals surface area contributed by atoms with Crippen LogP contribution >= 0.6 is 0 Å². The Morgan fingerprint density at radius 1 is 1.47 bits per heavy atom. The molecule has 1 aliphatic rings. The Morgan fingerprint density at radius 3 is 2.89 bits per heavy atom. The first-order chi connectivity index (χ1) is 9.04. The van der Waals surface area contributed by atoms with Crippen molar-refractivity contribution in [3.63, 3.8) is 0 Å². The number of hydrogen-bond donors (Lipinski definition) is 1. The van der Waals surface area contributed by atoms with Crippen LogP contribution in [0.15, 0.2) is 10.5 Å². The minimum absolute atomic E-state index is 0.692. The van der Waals surface area contributed by atoms with E-state index in [0.29, 0.717) is 5.92 Å². The van der Waals surface area contributed by atoms with Gasteiger partial charge in [-0.3, -0.25) is 4.90 Å². The Kier molecular flexibility index (Phi) is 5.06. The Bertz CT molecular complexity index is 397. The van der Waals surface area contributed by atoms with Crippen molar-refractivity contribution in [3.8, 4) is 0 Å². The minimum atomic E-state index is 0.692. The van der Waals surface area contributed by atoms with Crippen LogP contribution in [0.3, 0.4) is 0 Å². The van der Waals surface area contributed by atoms with Crippen molar-refractivity contribution in [3.05, 3.63) is 23.2 Å². The molecule has 0 amide bonds. The smallest absolute Gasteiger partial charge is 0.118 e. The SMILES string of the molecule is Cc1oc(CN2CCC(C)C2)cc1CNCC(C)C. The molecular weight excluding hydrogens is 236 g/mol. The molecule has 3 heteroatoms. The minimum Gasteiger partial charge on any atom is -0.465 e. The topological polar surface area (TPSA) is 28.4 Å². The summed E-state index contributed by atoms with van der Waals surface area (Å²) in [6.07, 6.45) is 1.32. The first-order valence-electron chi connectivity index (χ1n) is 7.56. The van der Waals surface area contributed by atoms with E-state index in [-0.39, 0.29) is 0 Å². The molecule has 1 fully saturated rings. The van der Waals surface area contributed by atoms with E-state index in [0.717, 1.165) is 37.1 Å². The normalized spacial score (nSPS) is 20.6. The number of rotatable bonds is 6. The van der Waals surface area contributed by atoms with Crippen molar-refractivity contribution in [2.24, 2.45) is 11.8 Å². The molecule has 0 saturated carbocycles. The van der Waals surface area contributed by atoms with Gasteiger partial charge >= 0.3 is 0 Å². The summed E-state index contributed by atoms with van der Waals surface area (Å²) in [5, 5.41) is 3.48. The third-order valence-corrected chi connectivity index (χ3v) is 3.83. The molecule has 1 atom stereocenters. The lowest BCUT2D eigenvalue weighted by molar-refractivity contribution is 0.286. The van der Waals surface area contributed by atoms with Crippen LogP contribution in [0.25, 0.3) is 0 Å². The summed E-state index contributed by atoms with van der Waals surface area (Å²) in [6, 6.07) is 2.23. The predicted octanol–water partition coefficient (Wildman–Crippen LogP) is 3.18. The lowest BCUT2D eigenvalue weighted by Gasteiger charge is -2.12. The van der Waals surface area contributed by atoms with Gasteiger partial charge in [-0.15, -0.1) is 0 Å². The molecule has 0 bridgehead atoms. The second-order valence-electron chi connectivity index (χ2n) is 6.45. The van der Waals surface area contributed by atoms with Crippen LogP contribution in [0.2, 0.25) is 0 Å². The fourth-order valence-corrected chi connectivity index (χ4v) is 2.73. The monoisotopic (exact) mass is 264 g/mol. The molecule has 0 aliphatic carbocycles. The molecule has 1 aromatic heterocycles. The fraction of sp³-hybridized carbons (Fsp3) is 0.750. The summed E-state index contributed by atoms with van der Waals surface area (Å²) in [5.74, 6) is 3.72. The summed E-state index contributed by atoms with van der Waals surface area (Å²) in [4.78, 5) is 2.49. The molecule has 0 aromatic carbocycles. The predicted molar refractivity (Wildman–Crippen MR) is 79.0 cm³/mol. The maximum absolute atomic E-state index is 5.89. The summed E-state index contributed by atoms with van der Waals surface area (Å²) in [5.41, 5.74) is 1.31. The highest BCUT2D eigenvalue weighted by atomic mass is 16.3. The van der Waals surface area contributed by atoms with Gasteiger partial charge in [0.15, 0.2) is 0 Å². The molecule has 0 radical (unpaired) electrons. The Labute approximate surface area is 117 Å². The Balaban J connectivity index is 1.85. The van der Waals surface area contributed by atoms with Crippen molar-refractivity contribution in [2.45, 2.75) is 47.2 Å². The maximum atomic E-state index is 5.89. The average Bonchev–Trinajstić information content (AvgIpc) is 2.86. The summed E-state index contributed by atoms with van der Waals surface area (Å²) in [6.45, 7) is 14.2. The van der Waals surface area contributed by atoms with Gasteiger partial charge < -0.3 is 9.73 Å². The van der Waals surface area contributed by atoms with Crippen molar-refractivity contribution in [2.75, 3.05) is 19.6 Å². The van der Waals surface area contributed by atoms with E-state index in [1.54, 1.807) is 0 Å². The highest BCUT2D eigenvalue weighted by molar-refractivity contribution is 5.20. The third kappa shape index (κ3) is 4.36. The molecule has 2 rings (SSSR count). The highest BCUT2D eigenvalue weighted by Gasteiger charge is 2.20. The van der Waals surface area contributed by atoms with Crippen molar-refractivity contribution < 1.29 is 4.42 Å². The lowest BCUT2D eigenvalue weighted by Crippen LogP contribution is -2.19. The largest absolute Gasteiger partial charge is 0.465 e. The van der Waals surface area contributed by atoms with E-state index >= 15 is 0 Å². The van der Waals surface area contributed by atoms with Gasteiger partial charge in [-0.05, 0) is 44.3 Å². The second-order valence-corrected chi connectivity index (χ2v) is 6.45. The Hall–Kier alpha value is -0.800. The lowest BCUT2D eigenvalue weighted by atomic mass is 10.2. The maximum Gasteiger partial charge on any atom is 0.118 e. The fourth-order valence-electron chi connectivity index (χ4n) is 2.73. The first-order valence-corrected chi connectivity index (χ1v) is 7.56. The van der Waals surface area contributed by atoms with Crippen LogP contribution in [0.1, 0.15) is 44.3 Å². The second kappa shape index (κ2) is 6.58. The molecule has 2 heterocycles. The van der Waals surface area contributed by atoms with Crippen LogP contribution in [0.5, 0.6) is 0 Å². The van der Waals surface area contributed by atoms with Crippen molar-refractivity contribution >= 4 is 0 Å². The van der Waals surface area contributed by atoms with Crippen LogP contribution in [-0.4, -0.2) is 24.5 Å². The number of nitrogens with zero attached hydrogens (tertiary/aromatic N) is 1. The zero-order valence-electron chi connectivity index (χ0n) is 12.8. The van der Waals surface area contributed by atoms with E-state index in [4.69, 9.17) is 4.42 Å². The molecule has 1 unspecified atom stereocenters. The van der Waals surface area contributed by atoms with Crippen molar-refractivity contribution in [1.82, 2.24) is 10.2 Å². The number of aryl methyl sites for hydroxylation is 1. The van der Waals surface area contributed by atoms with E-state index in [1.807, 2.05) is 0 Å². The molecule has 0 spiro atoms. The molecule has 3 nitrogen and oxygen atoms in total. The molecule has 1 saturated heterocycles. The molecule has 1 N–H and O–H groups in total. The number of hydrogen-bond acceptors (Lipinski definition) is 3. The Morgan fingerprint density at radius 2 is 2.26 bits per heavy atom. The van der Waals surface area contributed by atoms with Crippen LogP contribution in [0, 0.1) is 18.8 Å². The van der Waals surface area contributed by atoms with E-state index in [9.17, 15) is 0 Å². The van der Waals surface area contributed by atoms with Gasteiger partial charge in [-0.2, -0.15) is 0 Å². The van der Waals surface area contributed by atoms with Gasteiger partial charge in [0.2, 0.25) is 0 Å². The average molecular weight is 264 g/mol. The third-order valence-electron chi connectivity index (χ3n) is 3.83. The summed E-state index contributed by atoms with van der Waals surface area (Å²) < 4.78 is 5.89. The zero-order valence-corrected chi connectivity index (χ0v) is 12.8. The van der Waals surface area contributed by atoms with E-state index in [1.165, 1.54) is 25.1 Å². The van der Waals surface area contributed by atoms with E-state index < -0.39 is 0 Å². The highest BCUT2D eigenvalue weighted by Crippen LogP contribution is 2.21. The molecule has 1 aliphatic heterocycles. The number of nitrogens with one attached hydrogen (secondary N) is 1. The van der Waals surface area contributed by atoms with Crippen molar-refractivity contribution in [1.29, 1.82) is 0 Å². The van der Waals surface area contributed by atoms with Crippen LogP contribution in [-0.2, 0) is 13.1 Å². The van der Waals surface area contributed by atoms with E-state index in [2.05, 4.69) is 44.0 Å². The van der Waals surface area contributed by atoms with Gasteiger partial charge in [-0.1, -0.05) is 20.8 Å².